The first kappa shape index (κ1) is 6.91. The highest BCUT2D eigenvalue weighted by Crippen LogP contribution is 2.18. The summed E-state index contributed by atoms with van der Waals surface area (Å²) in [6, 6.07) is 5.49. The van der Waals surface area contributed by atoms with Crippen molar-refractivity contribution in [1.29, 1.82) is 0 Å². The number of carbonyl (C=O) groups is 1. The maximum Gasteiger partial charge on any atom is 0.217 e. The maximum atomic E-state index is 10.3. The number of hydrogen-bond acceptors (Lipinski definition) is 2. The number of aromatic nitrogens is 1. The predicted molar refractivity (Wildman–Crippen MR) is 44.3 cm³/mol. The Hall–Kier alpha value is -1.77. The van der Waals surface area contributed by atoms with Crippen molar-refractivity contribution in [2.75, 3.05) is 0 Å². The fourth-order valence-electron chi connectivity index (χ4n) is 1.07. The third-order valence-electron chi connectivity index (χ3n) is 1.64. The average molecular weight is 161 g/mol. The molecule has 0 aliphatic carbocycles. The van der Waals surface area contributed by atoms with Crippen LogP contribution < -0.4 is 0 Å². The van der Waals surface area contributed by atoms with E-state index in [4.69, 9.17) is 4.42 Å². The molecule has 0 saturated heterocycles. The van der Waals surface area contributed by atoms with Crippen LogP contribution in [0.2, 0.25) is 0 Å². The first-order chi connectivity index (χ1) is 5.90. The van der Waals surface area contributed by atoms with E-state index in [0.29, 0.717) is 0 Å². The molecular weight excluding hydrogens is 154 g/mol. The van der Waals surface area contributed by atoms with E-state index in [1.165, 1.54) is 4.57 Å². The monoisotopic (exact) mass is 161 g/mol. The van der Waals surface area contributed by atoms with Gasteiger partial charge in [-0.3, -0.25) is 9.36 Å². The molecule has 0 aliphatic heterocycles. The van der Waals surface area contributed by atoms with Crippen LogP contribution in [0.4, 0.5) is 0 Å². The van der Waals surface area contributed by atoms with Gasteiger partial charge in [0.2, 0.25) is 6.41 Å². The molecule has 12 heavy (non-hydrogen) atoms. The summed E-state index contributed by atoms with van der Waals surface area (Å²) in [5.74, 6) is 0.774. The Morgan fingerprint density at radius 3 is 2.92 bits per heavy atom. The van der Waals surface area contributed by atoms with Gasteiger partial charge >= 0.3 is 0 Å². The van der Waals surface area contributed by atoms with Crippen molar-refractivity contribution in [3.05, 3.63) is 36.9 Å². The van der Waals surface area contributed by atoms with E-state index in [-0.39, 0.29) is 0 Å². The SMILES string of the molecule is O=Cn1ccc(-c2ccco2)c1. The van der Waals surface area contributed by atoms with Gasteiger partial charge in [-0.1, -0.05) is 0 Å². The predicted octanol–water partition coefficient (Wildman–Crippen LogP) is 1.79. The molecule has 0 aromatic carbocycles. The number of hydrogen-bond donors (Lipinski definition) is 0. The Morgan fingerprint density at radius 2 is 2.33 bits per heavy atom. The van der Waals surface area contributed by atoms with Crippen LogP contribution in [0.5, 0.6) is 0 Å². The molecule has 0 saturated carbocycles. The number of furan rings is 1. The zero-order chi connectivity index (χ0) is 8.39. The largest absolute Gasteiger partial charge is 0.464 e. The molecule has 2 aromatic rings. The summed E-state index contributed by atoms with van der Waals surface area (Å²) in [6.45, 7) is 0. The van der Waals surface area contributed by atoms with E-state index in [1.54, 1.807) is 18.7 Å². The lowest BCUT2D eigenvalue weighted by molar-refractivity contribution is 0.547. The van der Waals surface area contributed by atoms with Crippen LogP contribution in [-0.2, 0) is 4.79 Å². The van der Waals surface area contributed by atoms with E-state index in [9.17, 15) is 4.79 Å². The Morgan fingerprint density at radius 1 is 1.42 bits per heavy atom. The lowest BCUT2D eigenvalue weighted by Crippen LogP contribution is -1.86. The zero-order valence-electron chi connectivity index (χ0n) is 6.31. The van der Waals surface area contributed by atoms with Gasteiger partial charge in [0.05, 0.1) is 6.26 Å². The van der Waals surface area contributed by atoms with Crippen molar-refractivity contribution in [2.24, 2.45) is 0 Å². The smallest absolute Gasteiger partial charge is 0.217 e. The first-order valence-corrected chi connectivity index (χ1v) is 3.57. The Bertz CT molecular complexity index is 373. The Labute approximate surface area is 69.2 Å². The molecule has 3 nitrogen and oxygen atoms in total. The number of rotatable bonds is 2. The molecule has 0 spiro atoms. The van der Waals surface area contributed by atoms with Gasteiger partial charge in [-0.05, 0) is 18.2 Å². The van der Waals surface area contributed by atoms with Gasteiger partial charge in [-0.25, -0.2) is 0 Å². The van der Waals surface area contributed by atoms with Gasteiger partial charge in [0.15, 0.2) is 0 Å². The van der Waals surface area contributed by atoms with Gasteiger partial charge in [0, 0.05) is 18.0 Å². The van der Waals surface area contributed by atoms with E-state index < -0.39 is 0 Å². The summed E-state index contributed by atoms with van der Waals surface area (Å²) in [7, 11) is 0. The standard InChI is InChI=1S/C9H7NO2/c11-7-10-4-3-8(6-10)9-2-1-5-12-9/h1-7H. The highest BCUT2D eigenvalue weighted by molar-refractivity contribution is 5.62. The van der Waals surface area contributed by atoms with Crippen molar-refractivity contribution in [1.82, 2.24) is 4.57 Å². The van der Waals surface area contributed by atoms with Gasteiger partial charge in [0.25, 0.3) is 0 Å². The summed E-state index contributed by atoms with van der Waals surface area (Å²) < 4.78 is 6.59. The minimum Gasteiger partial charge on any atom is -0.464 e. The molecule has 0 radical (unpaired) electrons. The first-order valence-electron chi connectivity index (χ1n) is 3.57. The number of carbonyl (C=O) groups excluding carboxylic acids is 1. The highest BCUT2D eigenvalue weighted by Gasteiger charge is 2.00. The second-order valence-corrected chi connectivity index (χ2v) is 2.43. The lowest BCUT2D eigenvalue weighted by Gasteiger charge is -1.87. The molecule has 0 fully saturated rings. The highest BCUT2D eigenvalue weighted by atomic mass is 16.3. The molecule has 2 aromatic heterocycles. The van der Waals surface area contributed by atoms with Crippen LogP contribution in [0.3, 0.4) is 0 Å². The van der Waals surface area contributed by atoms with E-state index >= 15 is 0 Å². The molecule has 0 amide bonds. The summed E-state index contributed by atoms with van der Waals surface area (Å²) in [5.41, 5.74) is 0.909. The molecule has 0 atom stereocenters. The van der Waals surface area contributed by atoms with E-state index in [2.05, 4.69) is 0 Å². The second kappa shape index (κ2) is 2.70. The average Bonchev–Trinajstić information content (AvgIpc) is 2.75. The van der Waals surface area contributed by atoms with E-state index in [0.717, 1.165) is 17.7 Å². The van der Waals surface area contributed by atoms with Crippen LogP contribution in [-0.4, -0.2) is 11.0 Å². The molecular formula is C9H7NO2. The summed E-state index contributed by atoms with van der Waals surface area (Å²) in [5, 5.41) is 0. The van der Waals surface area contributed by atoms with Gasteiger partial charge in [-0.2, -0.15) is 0 Å². The molecule has 2 rings (SSSR count). The molecule has 0 N–H and O–H groups in total. The minimum absolute atomic E-state index is 0.742. The molecule has 0 unspecified atom stereocenters. The van der Waals surface area contributed by atoms with Gasteiger partial charge < -0.3 is 4.42 Å². The van der Waals surface area contributed by atoms with Crippen LogP contribution >= 0.6 is 0 Å². The molecule has 60 valence electrons. The molecule has 0 bridgehead atoms. The maximum absolute atomic E-state index is 10.3. The number of nitrogens with zero attached hydrogens (tertiary/aromatic N) is 1. The summed E-state index contributed by atoms with van der Waals surface area (Å²) in [6.07, 6.45) is 5.75. The van der Waals surface area contributed by atoms with Crippen LogP contribution in [0.1, 0.15) is 0 Å². The minimum atomic E-state index is 0.742. The fourth-order valence-corrected chi connectivity index (χ4v) is 1.07. The van der Waals surface area contributed by atoms with Crippen LogP contribution in [0.15, 0.2) is 41.3 Å². The summed E-state index contributed by atoms with van der Waals surface area (Å²) in [4.78, 5) is 10.3. The topological polar surface area (TPSA) is 35.1 Å². The summed E-state index contributed by atoms with van der Waals surface area (Å²) >= 11 is 0. The van der Waals surface area contributed by atoms with Crippen molar-refractivity contribution >= 4 is 6.41 Å². The van der Waals surface area contributed by atoms with Crippen LogP contribution in [0.25, 0.3) is 11.3 Å². The third-order valence-corrected chi connectivity index (χ3v) is 1.64. The Balaban J connectivity index is 2.41. The molecule has 0 aliphatic rings. The second-order valence-electron chi connectivity index (χ2n) is 2.43. The Kier molecular flexibility index (Phi) is 1.55. The van der Waals surface area contributed by atoms with Gasteiger partial charge in [-0.15, -0.1) is 0 Å². The zero-order valence-corrected chi connectivity index (χ0v) is 6.31. The third kappa shape index (κ3) is 1.05. The normalized spacial score (nSPS) is 10.0. The van der Waals surface area contributed by atoms with Crippen molar-refractivity contribution < 1.29 is 9.21 Å². The van der Waals surface area contributed by atoms with Crippen molar-refractivity contribution in [2.45, 2.75) is 0 Å². The molecule has 2 heterocycles. The lowest BCUT2D eigenvalue weighted by atomic mass is 10.3. The van der Waals surface area contributed by atoms with E-state index in [1.807, 2.05) is 18.2 Å². The van der Waals surface area contributed by atoms with Crippen LogP contribution in [0, 0.1) is 0 Å². The quantitative estimate of drug-likeness (QED) is 0.629. The van der Waals surface area contributed by atoms with Crippen molar-refractivity contribution in [3.63, 3.8) is 0 Å². The van der Waals surface area contributed by atoms with Crippen molar-refractivity contribution in [3.8, 4) is 11.3 Å². The fraction of sp³-hybridized carbons (Fsp3) is 0. The molecule has 3 heteroatoms. The van der Waals surface area contributed by atoms with Gasteiger partial charge in [0.1, 0.15) is 5.76 Å².